The average molecular weight is 239 g/mol. The summed E-state index contributed by atoms with van der Waals surface area (Å²) < 4.78 is 0. The van der Waals surface area contributed by atoms with Crippen LogP contribution >= 0.6 is 0 Å². The second kappa shape index (κ2) is 7.15. The molecule has 0 N–H and O–H groups in total. The Morgan fingerprint density at radius 2 is 1.94 bits per heavy atom. The lowest BCUT2D eigenvalue weighted by Gasteiger charge is -2.31. The van der Waals surface area contributed by atoms with Gasteiger partial charge in [-0.1, -0.05) is 33.1 Å². The molecule has 3 atom stereocenters. The van der Waals surface area contributed by atoms with Gasteiger partial charge in [0.2, 0.25) is 0 Å². The van der Waals surface area contributed by atoms with E-state index in [1.165, 1.54) is 38.5 Å². The number of nitrogens with zero attached hydrogens (tertiary/aromatic N) is 1. The van der Waals surface area contributed by atoms with Gasteiger partial charge in [-0.2, -0.15) is 0 Å². The Hall–Kier alpha value is -0.370. The average Bonchev–Trinajstić information content (AvgIpc) is 2.66. The number of Topliss-reactive ketones (excluding diaryl/α,β-unsaturated/α-hetero) is 1. The predicted molar refractivity (Wildman–Crippen MR) is 73.2 cm³/mol. The van der Waals surface area contributed by atoms with Crippen LogP contribution in [0.1, 0.15) is 65.7 Å². The van der Waals surface area contributed by atoms with Crippen LogP contribution in [0, 0.1) is 5.92 Å². The van der Waals surface area contributed by atoms with Gasteiger partial charge in [-0.05, 0) is 45.6 Å². The molecule has 0 bridgehead atoms. The first-order valence-corrected chi connectivity index (χ1v) is 7.34. The quantitative estimate of drug-likeness (QED) is 0.676. The van der Waals surface area contributed by atoms with E-state index in [1.54, 1.807) is 6.92 Å². The Bertz CT molecular complexity index is 239. The third-order valence-corrected chi connectivity index (χ3v) is 4.35. The summed E-state index contributed by atoms with van der Waals surface area (Å²) in [4.78, 5) is 13.9. The van der Waals surface area contributed by atoms with Crippen LogP contribution in [0.25, 0.3) is 0 Å². The molecule has 0 saturated carbocycles. The zero-order valence-corrected chi connectivity index (χ0v) is 12.0. The molecule has 0 radical (unpaired) electrons. The Balaban J connectivity index is 2.59. The number of ketones is 1. The van der Waals surface area contributed by atoms with Crippen molar-refractivity contribution < 1.29 is 4.79 Å². The van der Waals surface area contributed by atoms with Crippen LogP contribution in [0.4, 0.5) is 0 Å². The summed E-state index contributed by atoms with van der Waals surface area (Å²) in [5.74, 6) is 1.15. The van der Waals surface area contributed by atoms with Crippen molar-refractivity contribution in [3.63, 3.8) is 0 Å². The summed E-state index contributed by atoms with van der Waals surface area (Å²) in [7, 11) is 2.15. The van der Waals surface area contributed by atoms with E-state index in [0.717, 1.165) is 12.3 Å². The lowest BCUT2D eigenvalue weighted by Crippen LogP contribution is -2.40. The highest BCUT2D eigenvalue weighted by Gasteiger charge is 2.36. The fourth-order valence-electron chi connectivity index (χ4n) is 3.39. The van der Waals surface area contributed by atoms with E-state index in [0.29, 0.717) is 11.8 Å². The fourth-order valence-corrected chi connectivity index (χ4v) is 3.39. The maximum absolute atomic E-state index is 11.6. The fraction of sp³-hybridized carbons (Fsp3) is 0.933. The van der Waals surface area contributed by atoms with E-state index >= 15 is 0 Å². The number of carbonyl (C=O) groups excluding carboxylic acids is 1. The Labute approximate surface area is 107 Å². The highest BCUT2D eigenvalue weighted by atomic mass is 16.1. The van der Waals surface area contributed by atoms with Crippen LogP contribution in [-0.4, -0.2) is 29.8 Å². The van der Waals surface area contributed by atoms with Gasteiger partial charge in [-0.25, -0.2) is 0 Å². The largest absolute Gasteiger partial charge is 0.298 e. The first-order valence-electron chi connectivity index (χ1n) is 7.34. The molecule has 1 rings (SSSR count). The number of carbonyl (C=O) groups is 1. The molecule has 0 spiro atoms. The lowest BCUT2D eigenvalue weighted by molar-refractivity contribution is -0.121. The molecular weight excluding hydrogens is 210 g/mol. The van der Waals surface area contributed by atoms with Crippen LogP contribution in [-0.2, 0) is 4.79 Å². The standard InChI is InChI=1S/C15H29NO/c1-5-7-9-13(8-6-2)15-11-10-14(12(3)17)16(15)4/h13-15H,5-11H2,1-4H3. The predicted octanol–water partition coefficient (Wildman–Crippen LogP) is 3.64. The molecule has 17 heavy (non-hydrogen) atoms. The molecule has 3 unspecified atom stereocenters. The van der Waals surface area contributed by atoms with Gasteiger partial charge in [0.15, 0.2) is 0 Å². The topological polar surface area (TPSA) is 20.3 Å². The van der Waals surface area contributed by atoms with Crippen LogP contribution < -0.4 is 0 Å². The number of likely N-dealkylation sites (tertiary alicyclic amines) is 1. The molecular formula is C15H29NO. The van der Waals surface area contributed by atoms with Crippen molar-refractivity contribution in [3.05, 3.63) is 0 Å². The van der Waals surface area contributed by atoms with Gasteiger partial charge in [0, 0.05) is 6.04 Å². The molecule has 0 aliphatic carbocycles. The zero-order valence-electron chi connectivity index (χ0n) is 12.0. The maximum Gasteiger partial charge on any atom is 0.146 e. The van der Waals surface area contributed by atoms with E-state index in [2.05, 4.69) is 25.8 Å². The third-order valence-electron chi connectivity index (χ3n) is 4.35. The van der Waals surface area contributed by atoms with E-state index in [1.807, 2.05) is 0 Å². The zero-order chi connectivity index (χ0) is 12.8. The van der Waals surface area contributed by atoms with Gasteiger partial charge >= 0.3 is 0 Å². The van der Waals surface area contributed by atoms with Crippen LogP contribution in [0.5, 0.6) is 0 Å². The number of unbranched alkanes of at least 4 members (excludes halogenated alkanes) is 1. The molecule has 1 aliphatic rings. The minimum atomic E-state index is 0.195. The SMILES string of the molecule is CCCCC(CCC)C1CCC(C(C)=O)N1C. The minimum Gasteiger partial charge on any atom is -0.298 e. The van der Waals surface area contributed by atoms with E-state index in [4.69, 9.17) is 0 Å². The number of likely N-dealkylation sites (N-methyl/N-ethyl adjacent to an activating group) is 1. The first kappa shape index (κ1) is 14.7. The van der Waals surface area contributed by atoms with Gasteiger partial charge in [0.1, 0.15) is 5.78 Å². The molecule has 1 aliphatic heterocycles. The summed E-state index contributed by atoms with van der Waals surface area (Å²) >= 11 is 0. The van der Waals surface area contributed by atoms with Crippen molar-refractivity contribution in [1.29, 1.82) is 0 Å². The monoisotopic (exact) mass is 239 g/mol. The Morgan fingerprint density at radius 1 is 1.24 bits per heavy atom. The van der Waals surface area contributed by atoms with Crippen molar-refractivity contribution in [1.82, 2.24) is 4.90 Å². The van der Waals surface area contributed by atoms with Gasteiger partial charge in [-0.15, -0.1) is 0 Å². The summed E-state index contributed by atoms with van der Waals surface area (Å²) in [5, 5.41) is 0. The minimum absolute atomic E-state index is 0.195. The molecule has 1 saturated heterocycles. The molecule has 0 aromatic heterocycles. The van der Waals surface area contributed by atoms with Crippen LogP contribution in [0.15, 0.2) is 0 Å². The highest BCUT2D eigenvalue weighted by Crippen LogP contribution is 2.33. The van der Waals surface area contributed by atoms with Crippen LogP contribution in [0.3, 0.4) is 0 Å². The highest BCUT2D eigenvalue weighted by molar-refractivity contribution is 5.81. The summed E-state index contributed by atoms with van der Waals surface area (Å²) in [6.45, 7) is 6.28. The number of hydrogen-bond donors (Lipinski definition) is 0. The van der Waals surface area contributed by atoms with Crippen molar-refractivity contribution in [3.8, 4) is 0 Å². The van der Waals surface area contributed by atoms with Gasteiger partial charge in [0.05, 0.1) is 6.04 Å². The second-order valence-corrected chi connectivity index (χ2v) is 5.63. The van der Waals surface area contributed by atoms with Gasteiger partial charge < -0.3 is 0 Å². The Kier molecular flexibility index (Phi) is 6.18. The molecule has 0 aromatic carbocycles. The summed E-state index contributed by atoms with van der Waals surface area (Å²) in [5.41, 5.74) is 0. The number of hydrogen-bond acceptors (Lipinski definition) is 2. The van der Waals surface area contributed by atoms with Crippen molar-refractivity contribution in [2.24, 2.45) is 5.92 Å². The smallest absolute Gasteiger partial charge is 0.146 e. The lowest BCUT2D eigenvalue weighted by atomic mass is 9.88. The van der Waals surface area contributed by atoms with Crippen molar-refractivity contribution >= 4 is 5.78 Å². The number of rotatable bonds is 7. The summed E-state index contributed by atoms with van der Waals surface area (Å²) in [6.07, 6.45) is 8.83. The first-order chi connectivity index (χ1) is 8.11. The molecule has 1 fully saturated rings. The molecule has 2 nitrogen and oxygen atoms in total. The van der Waals surface area contributed by atoms with Crippen molar-refractivity contribution in [2.75, 3.05) is 7.05 Å². The molecule has 0 amide bonds. The second-order valence-electron chi connectivity index (χ2n) is 5.63. The molecule has 0 aromatic rings. The van der Waals surface area contributed by atoms with Gasteiger partial charge in [-0.3, -0.25) is 9.69 Å². The molecule has 2 heteroatoms. The van der Waals surface area contributed by atoms with Crippen LogP contribution in [0.2, 0.25) is 0 Å². The third kappa shape index (κ3) is 3.80. The van der Waals surface area contributed by atoms with E-state index < -0.39 is 0 Å². The van der Waals surface area contributed by atoms with Gasteiger partial charge in [0.25, 0.3) is 0 Å². The maximum atomic E-state index is 11.6. The Morgan fingerprint density at radius 3 is 2.41 bits per heavy atom. The summed E-state index contributed by atoms with van der Waals surface area (Å²) in [6, 6.07) is 0.844. The van der Waals surface area contributed by atoms with E-state index in [9.17, 15) is 4.79 Å². The van der Waals surface area contributed by atoms with E-state index in [-0.39, 0.29) is 6.04 Å². The molecule has 1 heterocycles. The molecule has 100 valence electrons. The normalized spacial score (nSPS) is 27.3. The van der Waals surface area contributed by atoms with Crippen molar-refractivity contribution in [2.45, 2.75) is 77.8 Å².